The van der Waals surface area contributed by atoms with E-state index in [0.29, 0.717) is 16.8 Å². The zero-order chi connectivity index (χ0) is 13.3. The fourth-order valence-electron chi connectivity index (χ4n) is 1.75. The number of hydrogen-bond donors (Lipinski definition) is 2. The van der Waals surface area contributed by atoms with E-state index in [1.165, 1.54) is 17.6 Å². The molecular formula is C11H11F2N3OS. The Morgan fingerprint density at radius 3 is 2.89 bits per heavy atom. The number of carbonyl (C=O) groups is 1. The molecule has 0 aliphatic rings. The molecule has 0 aliphatic heterocycles. The zero-order valence-electron chi connectivity index (χ0n) is 9.59. The second-order valence-electron chi connectivity index (χ2n) is 3.82. The molecule has 0 aliphatic carbocycles. The molecule has 18 heavy (non-hydrogen) atoms. The van der Waals surface area contributed by atoms with Crippen LogP contribution in [0, 0.1) is 16.4 Å². The molecule has 1 aromatic heterocycles. The van der Waals surface area contributed by atoms with E-state index >= 15 is 0 Å². The smallest absolute Gasteiger partial charge is 0.216 e. The minimum absolute atomic E-state index is 0.0883. The highest BCUT2D eigenvalue weighted by Crippen LogP contribution is 2.20. The van der Waals surface area contributed by atoms with Crippen molar-refractivity contribution in [1.82, 2.24) is 14.9 Å². The molecule has 7 heteroatoms. The van der Waals surface area contributed by atoms with Crippen LogP contribution in [-0.2, 0) is 11.3 Å². The summed E-state index contributed by atoms with van der Waals surface area (Å²) in [5, 5.41) is 2.57. The average Bonchev–Trinajstić information content (AvgIpc) is 2.61. The maximum absolute atomic E-state index is 13.7. The number of halogens is 2. The molecule has 1 amide bonds. The van der Waals surface area contributed by atoms with Gasteiger partial charge in [0.2, 0.25) is 5.91 Å². The Bertz CT molecular complexity index is 662. The van der Waals surface area contributed by atoms with Crippen LogP contribution in [0.15, 0.2) is 12.1 Å². The Morgan fingerprint density at radius 1 is 1.50 bits per heavy atom. The SMILES string of the molecule is CC(=O)NCCn1c(=S)[nH]c2ccc(F)c(F)c21. The largest absolute Gasteiger partial charge is 0.355 e. The van der Waals surface area contributed by atoms with Gasteiger partial charge in [0.25, 0.3) is 0 Å². The van der Waals surface area contributed by atoms with Crippen molar-refractivity contribution in [2.24, 2.45) is 0 Å². The molecule has 0 atom stereocenters. The number of imidazole rings is 1. The van der Waals surface area contributed by atoms with Gasteiger partial charge in [0.05, 0.1) is 5.52 Å². The number of nitrogens with one attached hydrogen (secondary N) is 2. The van der Waals surface area contributed by atoms with E-state index in [1.54, 1.807) is 0 Å². The highest BCUT2D eigenvalue weighted by Gasteiger charge is 2.13. The van der Waals surface area contributed by atoms with Crippen LogP contribution in [0.5, 0.6) is 0 Å². The van der Waals surface area contributed by atoms with Gasteiger partial charge in [0.1, 0.15) is 5.52 Å². The summed E-state index contributed by atoms with van der Waals surface area (Å²) in [4.78, 5) is 13.5. The van der Waals surface area contributed by atoms with Crippen LogP contribution in [0.2, 0.25) is 0 Å². The molecule has 2 N–H and O–H groups in total. The number of nitrogens with zero attached hydrogens (tertiary/aromatic N) is 1. The lowest BCUT2D eigenvalue weighted by Crippen LogP contribution is -2.24. The van der Waals surface area contributed by atoms with Crippen LogP contribution < -0.4 is 5.32 Å². The van der Waals surface area contributed by atoms with Gasteiger partial charge in [-0.3, -0.25) is 4.79 Å². The normalized spacial score (nSPS) is 10.8. The fraction of sp³-hybridized carbons (Fsp3) is 0.273. The summed E-state index contributed by atoms with van der Waals surface area (Å²) >= 11 is 5.04. The second kappa shape index (κ2) is 4.85. The molecule has 1 aromatic carbocycles. The maximum atomic E-state index is 13.7. The molecule has 0 saturated heterocycles. The van der Waals surface area contributed by atoms with E-state index in [2.05, 4.69) is 10.3 Å². The van der Waals surface area contributed by atoms with Crippen molar-refractivity contribution < 1.29 is 13.6 Å². The minimum Gasteiger partial charge on any atom is -0.355 e. The molecule has 2 aromatic rings. The van der Waals surface area contributed by atoms with Crippen LogP contribution in [0.3, 0.4) is 0 Å². The lowest BCUT2D eigenvalue weighted by Gasteiger charge is -2.06. The summed E-state index contributed by atoms with van der Waals surface area (Å²) < 4.78 is 28.6. The fourth-order valence-corrected chi connectivity index (χ4v) is 2.04. The molecule has 1 heterocycles. The Morgan fingerprint density at radius 2 is 2.22 bits per heavy atom. The predicted octanol–water partition coefficient (Wildman–Crippen LogP) is 2.11. The van der Waals surface area contributed by atoms with Crippen molar-refractivity contribution in [1.29, 1.82) is 0 Å². The van der Waals surface area contributed by atoms with Crippen LogP contribution in [0.25, 0.3) is 11.0 Å². The van der Waals surface area contributed by atoms with Crippen molar-refractivity contribution >= 4 is 29.2 Å². The van der Waals surface area contributed by atoms with Gasteiger partial charge in [-0.25, -0.2) is 8.78 Å². The quantitative estimate of drug-likeness (QED) is 0.840. The third-order valence-electron chi connectivity index (χ3n) is 2.54. The van der Waals surface area contributed by atoms with E-state index < -0.39 is 11.6 Å². The molecule has 0 fully saturated rings. The molecule has 0 spiro atoms. The number of fused-ring (bicyclic) bond motifs is 1. The van der Waals surface area contributed by atoms with E-state index in [4.69, 9.17) is 12.2 Å². The van der Waals surface area contributed by atoms with Gasteiger partial charge in [-0.15, -0.1) is 0 Å². The van der Waals surface area contributed by atoms with E-state index in [-0.39, 0.29) is 18.0 Å². The van der Waals surface area contributed by atoms with Crippen molar-refractivity contribution in [3.05, 3.63) is 28.5 Å². The van der Waals surface area contributed by atoms with E-state index in [1.807, 2.05) is 0 Å². The van der Waals surface area contributed by atoms with Crippen molar-refractivity contribution in [2.75, 3.05) is 6.54 Å². The number of aromatic amines is 1. The van der Waals surface area contributed by atoms with Crippen LogP contribution in [0.4, 0.5) is 8.78 Å². The Labute approximate surface area is 107 Å². The number of H-pyrrole nitrogens is 1. The average molecular weight is 271 g/mol. The molecule has 2 rings (SSSR count). The van der Waals surface area contributed by atoms with Gasteiger partial charge >= 0.3 is 0 Å². The number of aromatic nitrogens is 2. The topological polar surface area (TPSA) is 49.8 Å². The van der Waals surface area contributed by atoms with Gasteiger partial charge in [-0.05, 0) is 24.4 Å². The number of rotatable bonds is 3. The van der Waals surface area contributed by atoms with Crippen molar-refractivity contribution in [3.63, 3.8) is 0 Å². The minimum atomic E-state index is -0.942. The van der Waals surface area contributed by atoms with Gasteiger partial charge in [0.15, 0.2) is 16.4 Å². The molecule has 0 radical (unpaired) electrons. The summed E-state index contributed by atoms with van der Waals surface area (Å²) in [6, 6.07) is 2.47. The summed E-state index contributed by atoms with van der Waals surface area (Å²) in [6.45, 7) is 1.96. The highest BCUT2D eigenvalue weighted by molar-refractivity contribution is 7.71. The molecule has 0 unspecified atom stereocenters. The first-order valence-electron chi connectivity index (χ1n) is 5.31. The van der Waals surface area contributed by atoms with Crippen molar-refractivity contribution in [3.8, 4) is 0 Å². The first-order chi connectivity index (χ1) is 8.50. The van der Waals surface area contributed by atoms with E-state index in [9.17, 15) is 13.6 Å². The predicted molar refractivity (Wildman–Crippen MR) is 65.7 cm³/mol. The summed E-state index contributed by atoms with van der Waals surface area (Å²) in [5.74, 6) is -2.06. The molecular weight excluding hydrogens is 260 g/mol. The first-order valence-corrected chi connectivity index (χ1v) is 5.72. The number of carbonyl (C=O) groups excluding carboxylic acids is 1. The maximum Gasteiger partial charge on any atom is 0.216 e. The van der Waals surface area contributed by atoms with Gasteiger partial charge in [-0.2, -0.15) is 0 Å². The monoisotopic (exact) mass is 271 g/mol. The number of hydrogen-bond acceptors (Lipinski definition) is 2. The van der Waals surface area contributed by atoms with Crippen LogP contribution in [-0.4, -0.2) is 22.0 Å². The standard InChI is InChI=1S/C11H11F2N3OS/c1-6(17)14-4-5-16-10-8(15-11(16)18)3-2-7(12)9(10)13/h2-3H,4-5H2,1H3,(H,14,17)(H,15,18). The van der Waals surface area contributed by atoms with Crippen LogP contribution in [0.1, 0.15) is 6.92 Å². The second-order valence-corrected chi connectivity index (χ2v) is 4.21. The third-order valence-corrected chi connectivity index (χ3v) is 2.86. The molecule has 0 saturated carbocycles. The summed E-state index contributed by atoms with van der Waals surface area (Å²) in [7, 11) is 0. The Kier molecular flexibility index (Phi) is 3.42. The Balaban J connectivity index is 2.43. The molecule has 96 valence electrons. The highest BCUT2D eigenvalue weighted by atomic mass is 32.1. The third kappa shape index (κ3) is 2.26. The van der Waals surface area contributed by atoms with E-state index in [0.717, 1.165) is 6.07 Å². The lowest BCUT2D eigenvalue weighted by atomic mass is 10.3. The number of benzene rings is 1. The summed E-state index contributed by atoms with van der Waals surface area (Å²) in [5.41, 5.74) is 0.520. The summed E-state index contributed by atoms with van der Waals surface area (Å²) in [6.07, 6.45) is 0. The number of amides is 1. The van der Waals surface area contributed by atoms with Crippen molar-refractivity contribution in [2.45, 2.75) is 13.5 Å². The molecule has 4 nitrogen and oxygen atoms in total. The molecule has 0 bridgehead atoms. The van der Waals surface area contributed by atoms with Gasteiger partial charge < -0.3 is 14.9 Å². The van der Waals surface area contributed by atoms with Gasteiger partial charge in [-0.1, -0.05) is 0 Å². The Hall–Kier alpha value is -1.76. The first kappa shape index (κ1) is 12.7. The van der Waals surface area contributed by atoms with Crippen LogP contribution >= 0.6 is 12.2 Å². The lowest BCUT2D eigenvalue weighted by molar-refractivity contribution is -0.118. The zero-order valence-corrected chi connectivity index (χ0v) is 10.4. The van der Waals surface area contributed by atoms with Gasteiger partial charge in [0, 0.05) is 20.0 Å².